The summed E-state index contributed by atoms with van der Waals surface area (Å²) in [7, 11) is 8.40. The summed E-state index contributed by atoms with van der Waals surface area (Å²) in [6.45, 7) is 0.320. The summed E-state index contributed by atoms with van der Waals surface area (Å²) >= 11 is 3.41. The molecule has 0 amide bonds. The number of thiophene rings is 1. The van der Waals surface area contributed by atoms with Gasteiger partial charge in [-0.15, -0.1) is 11.3 Å². The first-order valence-electron chi connectivity index (χ1n) is 18.0. The Hall–Kier alpha value is -6.09. The van der Waals surface area contributed by atoms with Gasteiger partial charge in [0.15, 0.2) is 0 Å². The van der Waals surface area contributed by atoms with Crippen molar-refractivity contribution in [1.29, 1.82) is 0 Å². The normalized spacial score (nSPS) is 11.7. The van der Waals surface area contributed by atoms with Crippen molar-refractivity contribution < 1.29 is 28.4 Å². The van der Waals surface area contributed by atoms with E-state index >= 15 is 0 Å². The molecule has 282 valence electrons. The molecule has 0 unspecified atom stereocenters. The molecule has 0 aliphatic heterocycles. The van der Waals surface area contributed by atoms with Crippen LogP contribution in [-0.4, -0.2) is 35.5 Å². The van der Waals surface area contributed by atoms with Crippen molar-refractivity contribution in [1.82, 2.24) is 0 Å². The van der Waals surface area contributed by atoms with Crippen molar-refractivity contribution in [2.75, 3.05) is 35.5 Å². The molecule has 0 aliphatic rings. The molecule has 0 spiro atoms. The van der Waals surface area contributed by atoms with E-state index in [-0.39, 0.29) is 0 Å². The molecule has 1 heterocycles. The van der Waals surface area contributed by atoms with Crippen LogP contribution in [0.15, 0.2) is 140 Å². The second kappa shape index (κ2) is 18.0. The Morgan fingerprint density at radius 2 is 1.04 bits per heavy atom. The average molecular weight is 779 g/mol. The topological polar surface area (TPSA) is 55.4 Å². The van der Waals surface area contributed by atoms with Crippen molar-refractivity contribution in [3.05, 3.63) is 167 Å². The lowest BCUT2D eigenvalue weighted by Gasteiger charge is -2.16. The SMILES string of the molecule is COc1ccc(C=C(S/C(=C\c2ccc(OC)cc2COc2c(-c3ccc(OC)cc3)sc3ccccc23)c2ccc(OC)cc2)c2ccc(OC)cc2)cc1. The fraction of sp³-hybridized carbons (Fsp3) is 0.125. The number of hydrogen-bond acceptors (Lipinski definition) is 8. The second-order valence-electron chi connectivity index (χ2n) is 12.7. The van der Waals surface area contributed by atoms with Gasteiger partial charge in [-0.2, -0.15) is 0 Å². The van der Waals surface area contributed by atoms with Gasteiger partial charge in [0.25, 0.3) is 0 Å². The van der Waals surface area contributed by atoms with E-state index in [1.807, 2.05) is 54.6 Å². The van der Waals surface area contributed by atoms with Gasteiger partial charge in [-0.25, -0.2) is 0 Å². The molecular formula is C48H42O6S2. The number of ether oxygens (including phenoxy) is 6. The molecular weight excluding hydrogens is 737 g/mol. The van der Waals surface area contributed by atoms with Crippen molar-refractivity contribution >= 4 is 55.1 Å². The van der Waals surface area contributed by atoms with Gasteiger partial charge in [0.1, 0.15) is 41.1 Å². The van der Waals surface area contributed by atoms with Crippen LogP contribution in [0, 0.1) is 0 Å². The van der Waals surface area contributed by atoms with Crippen LogP contribution in [0.4, 0.5) is 0 Å². The van der Waals surface area contributed by atoms with E-state index in [1.165, 1.54) is 0 Å². The highest BCUT2D eigenvalue weighted by Crippen LogP contribution is 2.46. The summed E-state index contributed by atoms with van der Waals surface area (Å²) < 4.78 is 35.7. The molecule has 56 heavy (non-hydrogen) atoms. The fourth-order valence-electron chi connectivity index (χ4n) is 6.19. The van der Waals surface area contributed by atoms with Gasteiger partial charge in [0.2, 0.25) is 0 Å². The number of thioether (sulfide) groups is 1. The average Bonchev–Trinajstić information content (AvgIpc) is 3.64. The highest BCUT2D eigenvalue weighted by atomic mass is 32.2. The molecule has 0 aliphatic carbocycles. The second-order valence-corrected chi connectivity index (χ2v) is 14.8. The van der Waals surface area contributed by atoms with E-state index in [2.05, 4.69) is 97.1 Å². The number of methoxy groups -OCH3 is 5. The van der Waals surface area contributed by atoms with E-state index in [4.69, 9.17) is 28.4 Å². The van der Waals surface area contributed by atoms with Gasteiger partial charge in [-0.1, -0.05) is 66.4 Å². The Kier molecular flexibility index (Phi) is 12.3. The smallest absolute Gasteiger partial charge is 0.146 e. The maximum absolute atomic E-state index is 6.85. The Balaban J connectivity index is 1.31. The van der Waals surface area contributed by atoms with Crippen LogP contribution in [0.2, 0.25) is 0 Å². The zero-order chi connectivity index (χ0) is 38.9. The molecule has 6 aromatic carbocycles. The van der Waals surface area contributed by atoms with Crippen LogP contribution >= 0.6 is 23.1 Å². The minimum atomic E-state index is 0.320. The summed E-state index contributed by atoms with van der Waals surface area (Å²) in [6, 6.07) is 47.0. The van der Waals surface area contributed by atoms with Crippen molar-refractivity contribution in [2.45, 2.75) is 6.61 Å². The molecule has 7 aromatic rings. The van der Waals surface area contributed by atoms with Crippen LogP contribution < -0.4 is 28.4 Å². The minimum Gasteiger partial charge on any atom is -0.497 e. The van der Waals surface area contributed by atoms with E-state index < -0.39 is 0 Å². The summed E-state index contributed by atoms with van der Waals surface area (Å²) in [4.78, 5) is 3.16. The number of hydrogen-bond donors (Lipinski definition) is 0. The quantitative estimate of drug-likeness (QED) is 0.0961. The van der Waals surface area contributed by atoms with E-state index in [0.717, 1.165) is 92.7 Å². The van der Waals surface area contributed by atoms with Crippen LogP contribution in [0.5, 0.6) is 34.5 Å². The van der Waals surface area contributed by atoms with Crippen molar-refractivity contribution in [3.8, 4) is 44.9 Å². The minimum absolute atomic E-state index is 0.320. The molecule has 0 atom stereocenters. The van der Waals surface area contributed by atoms with Gasteiger partial charge in [0.05, 0.1) is 40.4 Å². The highest BCUT2D eigenvalue weighted by molar-refractivity contribution is 8.16. The first-order chi connectivity index (χ1) is 27.5. The monoisotopic (exact) mass is 778 g/mol. The van der Waals surface area contributed by atoms with Gasteiger partial charge >= 0.3 is 0 Å². The highest BCUT2D eigenvalue weighted by Gasteiger charge is 2.18. The molecule has 0 fully saturated rings. The van der Waals surface area contributed by atoms with Crippen LogP contribution in [0.3, 0.4) is 0 Å². The zero-order valence-corrected chi connectivity index (χ0v) is 33.5. The number of benzene rings is 6. The summed E-state index contributed by atoms with van der Waals surface area (Å²) in [5.41, 5.74) is 6.20. The standard InChI is InChI=1S/C48H42O6S2/c1-49-38-19-10-32(11-20-38)28-45(33-12-21-39(50-2)22-13-33)55-46(34-14-23-40(51-3)24-15-34)30-36-18-27-42(53-5)29-37(36)31-54-47-43-8-6-7-9-44(43)56-48(47)35-16-25-41(52-4)26-17-35/h6-30H,31H2,1-5H3/b45-28?,46-30-. The number of fused-ring (bicyclic) bond motifs is 1. The van der Waals surface area contributed by atoms with Gasteiger partial charge in [-0.3, -0.25) is 0 Å². The lowest BCUT2D eigenvalue weighted by Crippen LogP contribution is -2.00. The van der Waals surface area contributed by atoms with Gasteiger partial charge < -0.3 is 28.4 Å². The molecule has 7 rings (SSSR count). The predicted molar refractivity (Wildman–Crippen MR) is 233 cm³/mol. The van der Waals surface area contributed by atoms with Gasteiger partial charge in [0, 0.05) is 25.5 Å². The predicted octanol–water partition coefficient (Wildman–Crippen LogP) is 12.6. The first kappa shape index (κ1) is 38.2. The molecule has 6 nitrogen and oxygen atoms in total. The Morgan fingerprint density at radius 3 is 1.61 bits per heavy atom. The molecule has 8 heteroatoms. The molecule has 0 saturated heterocycles. The lowest BCUT2D eigenvalue weighted by atomic mass is 10.1. The van der Waals surface area contributed by atoms with Crippen LogP contribution in [-0.2, 0) is 6.61 Å². The molecule has 1 aromatic heterocycles. The summed E-state index contributed by atoms with van der Waals surface area (Å²) in [5.74, 6) is 4.80. The Bertz CT molecular complexity index is 2450. The molecule has 0 N–H and O–H groups in total. The van der Waals surface area contributed by atoms with Crippen LogP contribution in [0.1, 0.15) is 27.8 Å². The summed E-state index contributed by atoms with van der Waals surface area (Å²) in [6.07, 6.45) is 4.43. The van der Waals surface area contributed by atoms with E-state index in [0.29, 0.717) is 6.61 Å². The third kappa shape index (κ3) is 8.89. The lowest BCUT2D eigenvalue weighted by molar-refractivity contribution is 0.311. The molecule has 0 saturated carbocycles. The zero-order valence-electron chi connectivity index (χ0n) is 31.9. The maximum Gasteiger partial charge on any atom is 0.146 e. The summed E-state index contributed by atoms with van der Waals surface area (Å²) in [5, 5.41) is 1.07. The van der Waals surface area contributed by atoms with E-state index in [1.54, 1.807) is 58.6 Å². The van der Waals surface area contributed by atoms with E-state index in [9.17, 15) is 0 Å². The molecule has 0 radical (unpaired) electrons. The Morgan fingerprint density at radius 1 is 0.536 bits per heavy atom. The largest absolute Gasteiger partial charge is 0.497 e. The van der Waals surface area contributed by atoms with Gasteiger partial charge in [-0.05, 0) is 125 Å². The first-order valence-corrected chi connectivity index (χ1v) is 19.6. The van der Waals surface area contributed by atoms with Crippen LogP contribution in [0.25, 0.3) is 42.5 Å². The number of rotatable bonds is 15. The van der Waals surface area contributed by atoms with Crippen molar-refractivity contribution in [3.63, 3.8) is 0 Å². The molecule has 0 bridgehead atoms. The van der Waals surface area contributed by atoms with Crippen molar-refractivity contribution in [2.24, 2.45) is 0 Å². The maximum atomic E-state index is 6.85. The Labute approximate surface area is 336 Å². The fourth-order valence-corrected chi connectivity index (χ4v) is 8.47. The third-order valence-corrected chi connectivity index (χ3v) is 11.6. The third-order valence-electron chi connectivity index (χ3n) is 9.29.